The van der Waals surface area contributed by atoms with Crippen LogP contribution in [0, 0.1) is 0 Å². The summed E-state index contributed by atoms with van der Waals surface area (Å²) in [6.07, 6.45) is 0. The maximum atomic E-state index is 12.2. The summed E-state index contributed by atoms with van der Waals surface area (Å²) in [6.45, 7) is 1.97. The van der Waals surface area contributed by atoms with Gasteiger partial charge in [-0.1, -0.05) is 28.1 Å². The normalized spacial score (nSPS) is 10.2. The molecule has 0 fully saturated rings. The van der Waals surface area contributed by atoms with Gasteiger partial charge in [0.25, 0.3) is 0 Å². The molecule has 0 aliphatic heterocycles. The predicted molar refractivity (Wildman–Crippen MR) is 101 cm³/mol. The Bertz CT molecular complexity index is 772. The molecule has 5 nitrogen and oxygen atoms in total. The van der Waals surface area contributed by atoms with E-state index in [0.717, 1.165) is 4.47 Å². The molecule has 132 valence electrons. The molecule has 0 unspecified atom stereocenters. The van der Waals surface area contributed by atoms with Crippen molar-refractivity contribution in [3.63, 3.8) is 0 Å². The molecule has 0 atom stereocenters. The predicted octanol–water partition coefficient (Wildman–Crippen LogP) is 4.66. The summed E-state index contributed by atoms with van der Waals surface area (Å²) in [7, 11) is 1.48. The molecule has 0 spiro atoms. The molecule has 0 aliphatic rings. The van der Waals surface area contributed by atoms with E-state index in [1.807, 2.05) is 6.92 Å². The molecule has 0 radical (unpaired) electrons. The molecular formula is C18H16Br2O5. The second-order valence-corrected chi connectivity index (χ2v) is 6.70. The number of ketones is 1. The van der Waals surface area contributed by atoms with Gasteiger partial charge in [-0.05, 0) is 47.1 Å². The highest BCUT2D eigenvalue weighted by molar-refractivity contribution is 9.10. The molecule has 0 amide bonds. The fraction of sp³-hybridized carbons (Fsp3) is 0.222. The molecule has 0 bridgehead atoms. The van der Waals surface area contributed by atoms with Crippen LogP contribution >= 0.6 is 31.9 Å². The standard InChI is InChI=1S/C18H16Br2O5/c1-3-24-17-14(20)8-12(9-16(17)23-2)18(22)25-10-15(21)11-4-6-13(19)7-5-11/h4-9H,3,10H2,1-2H3. The Morgan fingerprint density at radius 3 is 2.32 bits per heavy atom. The van der Waals surface area contributed by atoms with Crippen molar-refractivity contribution in [1.82, 2.24) is 0 Å². The van der Waals surface area contributed by atoms with Crippen LogP contribution in [0.4, 0.5) is 0 Å². The van der Waals surface area contributed by atoms with E-state index in [1.165, 1.54) is 13.2 Å². The summed E-state index contributed by atoms with van der Waals surface area (Å²) in [6, 6.07) is 9.92. The highest BCUT2D eigenvalue weighted by atomic mass is 79.9. The van der Waals surface area contributed by atoms with E-state index in [1.54, 1.807) is 30.3 Å². The van der Waals surface area contributed by atoms with Gasteiger partial charge in [-0.15, -0.1) is 0 Å². The van der Waals surface area contributed by atoms with Crippen LogP contribution in [-0.4, -0.2) is 32.1 Å². The summed E-state index contributed by atoms with van der Waals surface area (Å²) in [4.78, 5) is 24.3. The third-order valence-electron chi connectivity index (χ3n) is 3.25. The zero-order chi connectivity index (χ0) is 18.4. The van der Waals surface area contributed by atoms with Gasteiger partial charge in [0.15, 0.2) is 23.9 Å². The molecule has 0 aliphatic carbocycles. The van der Waals surface area contributed by atoms with Gasteiger partial charge < -0.3 is 14.2 Å². The fourth-order valence-corrected chi connectivity index (χ4v) is 2.88. The number of halogens is 2. The van der Waals surface area contributed by atoms with Crippen molar-refractivity contribution in [2.24, 2.45) is 0 Å². The number of hydrogen-bond donors (Lipinski definition) is 0. The second kappa shape index (κ2) is 9.01. The molecule has 2 aromatic rings. The third kappa shape index (κ3) is 5.06. The monoisotopic (exact) mass is 470 g/mol. The van der Waals surface area contributed by atoms with Gasteiger partial charge in [-0.3, -0.25) is 4.79 Å². The minimum Gasteiger partial charge on any atom is -0.493 e. The van der Waals surface area contributed by atoms with Gasteiger partial charge in [0, 0.05) is 10.0 Å². The van der Waals surface area contributed by atoms with Gasteiger partial charge in [0.1, 0.15) is 0 Å². The quantitative estimate of drug-likeness (QED) is 0.434. The van der Waals surface area contributed by atoms with Gasteiger partial charge in [0.05, 0.1) is 23.8 Å². The summed E-state index contributed by atoms with van der Waals surface area (Å²) < 4.78 is 17.3. The van der Waals surface area contributed by atoms with Crippen LogP contribution in [-0.2, 0) is 4.74 Å². The van der Waals surface area contributed by atoms with E-state index in [-0.39, 0.29) is 18.0 Å². The highest BCUT2D eigenvalue weighted by Crippen LogP contribution is 2.36. The van der Waals surface area contributed by atoms with Crippen LogP contribution in [0.5, 0.6) is 11.5 Å². The summed E-state index contributed by atoms with van der Waals surface area (Å²) in [5.41, 5.74) is 0.734. The Hall–Kier alpha value is -1.86. The molecule has 0 saturated carbocycles. The minimum absolute atomic E-state index is 0.260. The van der Waals surface area contributed by atoms with Gasteiger partial charge in [-0.25, -0.2) is 4.79 Å². The number of Topliss-reactive ketones (excluding diaryl/α,β-unsaturated/α-hetero) is 1. The Morgan fingerprint density at radius 1 is 1.04 bits per heavy atom. The van der Waals surface area contributed by atoms with Crippen LogP contribution in [0.3, 0.4) is 0 Å². The Labute approximate surface area is 162 Å². The lowest BCUT2D eigenvalue weighted by Gasteiger charge is -2.13. The highest BCUT2D eigenvalue weighted by Gasteiger charge is 2.17. The van der Waals surface area contributed by atoms with Crippen LogP contribution in [0.1, 0.15) is 27.6 Å². The van der Waals surface area contributed by atoms with E-state index < -0.39 is 5.97 Å². The first-order chi connectivity index (χ1) is 12.0. The van der Waals surface area contributed by atoms with Gasteiger partial charge in [-0.2, -0.15) is 0 Å². The third-order valence-corrected chi connectivity index (χ3v) is 4.37. The Kier molecular flexibility index (Phi) is 7.01. The summed E-state index contributed by atoms with van der Waals surface area (Å²) in [5, 5.41) is 0. The summed E-state index contributed by atoms with van der Waals surface area (Å²) in [5.74, 6) is 0.0141. The lowest BCUT2D eigenvalue weighted by atomic mass is 10.1. The number of rotatable bonds is 7. The number of esters is 1. The maximum absolute atomic E-state index is 12.2. The van der Waals surface area contributed by atoms with E-state index in [2.05, 4.69) is 31.9 Å². The molecule has 25 heavy (non-hydrogen) atoms. The molecule has 2 aromatic carbocycles. The Balaban J connectivity index is 2.09. The molecular weight excluding hydrogens is 456 g/mol. The van der Waals surface area contributed by atoms with Crippen molar-refractivity contribution in [2.75, 3.05) is 20.3 Å². The number of carbonyl (C=O) groups is 2. The number of methoxy groups -OCH3 is 1. The summed E-state index contributed by atoms with van der Waals surface area (Å²) >= 11 is 6.65. The molecule has 0 N–H and O–H groups in total. The zero-order valence-corrected chi connectivity index (χ0v) is 16.8. The minimum atomic E-state index is -0.618. The smallest absolute Gasteiger partial charge is 0.338 e. The lowest BCUT2D eigenvalue weighted by Crippen LogP contribution is -2.14. The first kappa shape index (κ1) is 19.5. The first-order valence-corrected chi connectivity index (χ1v) is 9.01. The van der Waals surface area contributed by atoms with Crippen molar-refractivity contribution in [2.45, 2.75) is 6.92 Å². The second-order valence-electron chi connectivity index (χ2n) is 4.93. The van der Waals surface area contributed by atoms with Crippen molar-refractivity contribution >= 4 is 43.6 Å². The van der Waals surface area contributed by atoms with E-state index in [9.17, 15) is 9.59 Å². The number of benzene rings is 2. The lowest BCUT2D eigenvalue weighted by molar-refractivity contribution is 0.0474. The van der Waals surface area contributed by atoms with Gasteiger partial charge >= 0.3 is 5.97 Å². The van der Waals surface area contributed by atoms with Crippen molar-refractivity contribution in [3.8, 4) is 11.5 Å². The molecule has 0 heterocycles. The Morgan fingerprint density at radius 2 is 1.72 bits per heavy atom. The van der Waals surface area contributed by atoms with Crippen molar-refractivity contribution in [1.29, 1.82) is 0 Å². The first-order valence-electron chi connectivity index (χ1n) is 7.42. The molecule has 7 heteroatoms. The van der Waals surface area contributed by atoms with Crippen LogP contribution in [0.25, 0.3) is 0 Å². The van der Waals surface area contributed by atoms with E-state index >= 15 is 0 Å². The molecule has 0 saturated heterocycles. The molecule has 2 rings (SSSR count). The van der Waals surface area contributed by atoms with Gasteiger partial charge in [0.2, 0.25) is 0 Å². The van der Waals surface area contributed by atoms with Crippen LogP contribution < -0.4 is 9.47 Å². The van der Waals surface area contributed by atoms with Crippen molar-refractivity contribution < 1.29 is 23.8 Å². The van der Waals surface area contributed by atoms with Crippen molar-refractivity contribution in [3.05, 3.63) is 56.5 Å². The van der Waals surface area contributed by atoms with Crippen LogP contribution in [0.2, 0.25) is 0 Å². The topological polar surface area (TPSA) is 61.8 Å². The average Bonchev–Trinajstić information content (AvgIpc) is 2.61. The van der Waals surface area contributed by atoms with Crippen LogP contribution in [0.15, 0.2) is 45.3 Å². The number of carbonyl (C=O) groups excluding carboxylic acids is 2. The average molecular weight is 472 g/mol. The number of hydrogen-bond acceptors (Lipinski definition) is 5. The fourth-order valence-electron chi connectivity index (χ4n) is 2.06. The van der Waals surface area contributed by atoms with E-state index in [4.69, 9.17) is 14.2 Å². The largest absolute Gasteiger partial charge is 0.493 e. The number of ether oxygens (including phenoxy) is 3. The molecule has 0 aromatic heterocycles. The SMILES string of the molecule is CCOc1c(Br)cc(C(=O)OCC(=O)c2ccc(Br)cc2)cc1OC. The zero-order valence-electron chi connectivity index (χ0n) is 13.7. The maximum Gasteiger partial charge on any atom is 0.338 e. The van der Waals surface area contributed by atoms with E-state index in [0.29, 0.717) is 28.1 Å².